The highest BCUT2D eigenvalue weighted by Gasteiger charge is 2.15. The van der Waals surface area contributed by atoms with Crippen LogP contribution in [0.2, 0.25) is 0 Å². The van der Waals surface area contributed by atoms with Gasteiger partial charge in [-0.05, 0) is 31.0 Å². The molecule has 0 fully saturated rings. The summed E-state index contributed by atoms with van der Waals surface area (Å²) in [6.45, 7) is 5.43. The van der Waals surface area contributed by atoms with E-state index < -0.39 is 5.97 Å². The van der Waals surface area contributed by atoms with E-state index in [2.05, 4.69) is 10.4 Å². The highest BCUT2D eigenvalue weighted by atomic mass is 16.4. The summed E-state index contributed by atoms with van der Waals surface area (Å²) in [5.41, 5.74) is 0.964. The minimum Gasteiger partial charge on any atom is -0.476 e. The van der Waals surface area contributed by atoms with Crippen molar-refractivity contribution in [2.75, 3.05) is 18.4 Å². The Labute approximate surface area is 164 Å². The van der Waals surface area contributed by atoms with Gasteiger partial charge in [-0.15, -0.1) is 0 Å². The number of anilines is 1. The van der Waals surface area contributed by atoms with Gasteiger partial charge in [-0.1, -0.05) is 26.0 Å². The van der Waals surface area contributed by atoms with Crippen LogP contribution in [0.3, 0.4) is 0 Å². The minimum absolute atomic E-state index is 0.0229. The van der Waals surface area contributed by atoms with Gasteiger partial charge < -0.3 is 15.3 Å². The first-order valence-electron chi connectivity index (χ1n) is 9.42. The van der Waals surface area contributed by atoms with Crippen LogP contribution in [0.1, 0.15) is 50.0 Å². The third-order valence-corrected chi connectivity index (χ3v) is 4.14. The second-order valence-corrected chi connectivity index (χ2v) is 6.40. The van der Waals surface area contributed by atoms with E-state index in [-0.39, 0.29) is 30.3 Å². The number of carbonyl (C=O) groups is 3. The Morgan fingerprint density at radius 3 is 2.36 bits per heavy atom. The zero-order valence-electron chi connectivity index (χ0n) is 16.2. The van der Waals surface area contributed by atoms with E-state index in [4.69, 9.17) is 5.11 Å². The molecule has 150 valence electrons. The van der Waals surface area contributed by atoms with Crippen molar-refractivity contribution < 1.29 is 19.5 Å². The maximum atomic E-state index is 12.3. The molecule has 28 heavy (non-hydrogen) atoms. The number of carbonyl (C=O) groups excluding carboxylic acids is 2. The number of aromatic nitrogens is 2. The van der Waals surface area contributed by atoms with Gasteiger partial charge in [0, 0.05) is 32.1 Å². The average molecular weight is 386 g/mol. The number of benzene rings is 1. The van der Waals surface area contributed by atoms with Crippen molar-refractivity contribution in [1.29, 1.82) is 0 Å². The monoisotopic (exact) mass is 386 g/mol. The Hall–Kier alpha value is -3.16. The summed E-state index contributed by atoms with van der Waals surface area (Å²) in [4.78, 5) is 37.5. The number of carboxylic acid groups (broad SMARTS) is 1. The predicted molar refractivity (Wildman–Crippen MR) is 106 cm³/mol. The summed E-state index contributed by atoms with van der Waals surface area (Å²) >= 11 is 0. The van der Waals surface area contributed by atoms with Crippen LogP contribution in [0.15, 0.2) is 36.5 Å². The smallest absolute Gasteiger partial charge is 0.356 e. The number of nitrogens with zero attached hydrogens (tertiary/aromatic N) is 3. The molecule has 2 aromatic rings. The quantitative estimate of drug-likeness (QED) is 0.653. The maximum absolute atomic E-state index is 12.3. The van der Waals surface area contributed by atoms with Gasteiger partial charge in [-0.2, -0.15) is 5.10 Å². The van der Waals surface area contributed by atoms with E-state index in [1.807, 2.05) is 13.8 Å². The lowest BCUT2D eigenvalue weighted by Gasteiger charge is -2.21. The number of nitrogens with one attached hydrogen (secondary N) is 1. The number of amides is 2. The zero-order chi connectivity index (χ0) is 20.5. The molecule has 0 atom stereocenters. The summed E-state index contributed by atoms with van der Waals surface area (Å²) < 4.78 is 1.40. The number of hydrogen-bond acceptors (Lipinski definition) is 4. The largest absolute Gasteiger partial charge is 0.476 e. The first-order valence-corrected chi connectivity index (χ1v) is 9.42. The Morgan fingerprint density at radius 2 is 1.75 bits per heavy atom. The first kappa shape index (κ1) is 21.1. The van der Waals surface area contributed by atoms with Crippen LogP contribution in [0.25, 0.3) is 5.69 Å². The number of hydrogen-bond donors (Lipinski definition) is 2. The summed E-state index contributed by atoms with van der Waals surface area (Å²) in [6.07, 6.45) is 3.52. The summed E-state index contributed by atoms with van der Waals surface area (Å²) in [6, 6.07) is 8.34. The molecular weight excluding hydrogens is 360 g/mol. The summed E-state index contributed by atoms with van der Waals surface area (Å²) in [5, 5.41) is 15.8. The predicted octanol–water partition coefficient (Wildman–Crippen LogP) is 2.94. The third-order valence-electron chi connectivity index (χ3n) is 4.14. The number of carboxylic acids is 1. The van der Waals surface area contributed by atoms with Crippen molar-refractivity contribution in [3.63, 3.8) is 0 Å². The molecule has 1 heterocycles. The second-order valence-electron chi connectivity index (χ2n) is 6.40. The Balaban J connectivity index is 2.02. The molecule has 0 aliphatic rings. The molecule has 0 aliphatic carbocycles. The molecule has 2 amide bonds. The van der Waals surface area contributed by atoms with Crippen LogP contribution in [-0.4, -0.2) is 50.7 Å². The fourth-order valence-electron chi connectivity index (χ4n) is 2.84. The molecule has 0 aliphatic heterocycles. The molecule has 2 N–H and O–H groups in total. The minimum atomic E-state index is -1.12. The fraction of sp³-hybridized carbons (Fsp3) is 0.400. The lowest BCUT2D eigenvalue weighted by atomic mass is 10.2. The molecule has 0 saturated heterocycles. The normalized spacial score (nSPS) is 10.5. The molecular formula is C20H26N4O4. The van der Waals surface area contributed by atoms with Gasteiger partial charge in [0.05, 0.1) is 11.4 Å². The van der Waals surface area contributed by atoms with Gasteiger partial charge in [-0.25, -0.2) is 9.48 Å². The van der Waals surface area contributed by atoms with E-state index in [1.165, 1.54) is 16.9 Å². The molecule has 0 saturated carbocycles. The third kappa shape index (κ3) is 5.67. The van der Waals surface area contributed by atoms with Crippen molar-refractivity contribution in [2.24, 2.45) is 0 Å². The number of rotatable bonds is 10. The van der Waals surface area contributed by atoms with E-state index in [9.17, 15) is 14.4 Å². The molecule has 1 aromatic heterocycles. The van der Waals surface area contributed by atoms with E-state index in [0.717, 1.165) is 12.8 Å². The van der Waals surface area contributed by atoms with Crippen molar-refractivity contribution in [1.82, 2.24) is 14.7 Å². The van der Waals surface area contributed by atoms with Crippen LogP contribution in [0.5, 0.6) is 0 Å². The van der Waals surface area contributed by atoms with Crippen LogP contribution in [-0.2, 0) is 9.59 Å². The number of para-hydroxylation sites is 2. The molecule has 0 radical (unpaired) electrons. The fourth-order valence-corrected chi connectivity index (χ4v) is 2.84. The molecule has 0 spiro atoms. The van der Waals surface area contributed by atoms with Crippen molar-refractivity contribution in [2.45, 2.75) is 39.5 Å². The zero-order valence-corrected chi connectivity index (χ0v) is 16.2. The molecule has 8 nitrogen and oxygen atoms in total. The van der Waals surface area contributed by atoms with Crippen LogP contribution < -0.4 is 5.32 Å². The first-order chi connectivity index (χ1) is 13.5. The highest BCUT2D eigenvalue weighted by Crippen LogP contribution is 2.20. The highest BCUT2D eigenvalue weighted by molar-refractivity contribution is 5.95. The maximum Gasteiger partial charge on any atom is 0.356 e. The van der Waals surface area contributed by atoms with Crippen LogP contribution in [0.4, 0.5) is 5.69 Å². The molecule has 0 unspecified atom stereocenters. The van der Waals surface area contributed by atoms with Crippen LogP contribution >= 0.6 is 0 Å². The molecule has 8 heteroatoms. The molecule has 0 bridgehead atoms. The summed E-state index contributed by atoms with van der Waals surface area (Å²) in [7, 11) is 0. The number of aromatic carboxylic acids is 1. The second kappa shape index (κ2) is 10.2. The van der Waals surface area contributed by atoms with Gasteiger partial charge in [0.15, 0.2) is 5.69 Å². The Kier molecular flexibility index (Phi) is 7.74. The van der Waals surface area contributed by atoms with E-state index in [0.29, 0.717) is 24.5 Å². The van der Waals surface area contributed by atoms with Crippen molar-refractivity contribution >= 4 is 23.5 Å². The SMILES string of the molecule is CCCN(CCC)C(=O)CCC(=O)Nc1ccccc1-n1ccc(C(=O)O)n1. The standard InChI is InChI=1S/C20H26N4O4/c1-3-12-23(13-4-2)19(26)10-9-18(25)21-15-7-5-6-8-17(15)24-14-11-16(22-24)20(27)28/h5-8,11,14H,3-4,9-10,12-13H2,1-2H3,(H,21,25)(H,27,28). The topological polar surface area (TPSA) is 105 Å². The van der Waals surface area contributed by atoms with E-state index in [1.54, 1.807) is 29.2 Å². The Morgan fingerprint density at radius 1 is 1.07 bits per heavy atom. The molecule has 1 aromatic carbocycles. The Bertz CT molecular complexity index is 825. The van der Waals surface area contributed by atoms with Gasteiger partial charge in [0.25, 0.3) is 0 Å². The van der Waals surface area contributed by atoms with Crippen molar-refractivity contribution in [3.05, 3.63) is 42.2 Å². The van der Waals surface area contributed by atoms with E-state index >= 15 is 0 Å². The van der Waals surface area contributed by atoms with Gasteiger partial charge >= 0.3 is 5.97 Å². The lowest BCUT2D eigenvalue weighted by molar-refractivity contribution is -0.132. The van der Waals surface area contributed by atoms with Gasteiger partial charge in [-0.3, -0.25) is 9.59 Å². The molecule has 2 rings (SSSR count). The van der Waals surface area contributed by atoms with Crippen molar-refractivity contribution in [3.8, 4) is 5.69 Å². The van der Waals surface area contributed by atoms with Gasteiger partial charge in [0.1, 0.15) is 0 Å². The lowest BCUT2D eigenvalue weighted by Crippen LogP contribution is -2.33. The van der Waals surface area contributed by atoms with Gasteiger partial charge in [0.2, 0.25) is 11.8 Å². The summed E-state index contributed by atoms with van der Waals surface area (Å²) in [5.74, 6) is -1.42. The average Bonchev–Trinajstić information content (AvgIpc) is 3.17. The van der Waals surface area contributed by atoms with Crippen LogP contribution in [0, 0.1) is 0 Å².